The maximum atomic E-state index is 13.1. The van der Waals surface area contributed by atoms with Crippen LogP contribution in [-0.4, -0.2) is 11.1 Å². The van der Waals surface area contributed by atoms with E-state index in [-0.39, 0.29) is 18.2 Å². The number of carboxylic acid groups (broad SMARTS) is 1. The SMILES string of the molecule is Cc1ccc(F)cc1OCc1cc(C)c(C(=O)O)o1. The third kappa shape index (κ3) is 2.93. The van der Waals surface area contributed by atoms with Crippen LogP contribution in [0.25, 0.3) is 0 Å². The van der Waals surface area contributed by atoms with Crippen molar-refractivity contribution in [2.75, 3.05) is 0 Å². The Hall–Kier alpha value is -2.30. The summed E-state index contributed by atoms with van der Waals surface area (Å²) in [5.41, 5.74) is 1.32. The van der Waals surface area contributed by atoms with Crippen LogP contribution in [0.5, 0.6) is 5.75 Å². The van der Waals surface area contributed by atoms with Gasteiger partial charge in [-0.1, -0.05) is 6.07 Å². The van der Waals surface area contributed by atoms with Crippen LogP contribution in [0.1, 0.15) is 27.4 Å². The Kier molecular flexibility index (Phi) is 3.55. The van der Waals surface area contributed by atoms with E-state index in [1.54, 1.807) is 26.0 Å². The van der Waals surface area contributed by atoms with E-state index < -0.39 is 5.97 Å². The molecule has 0 fully saturated rings. The van der Waals surface area contributed by atoms with Gasteiger partial charge >= 0.3 is 5.97 Å². The summed E-state index contributed by atoms with van der Waals surface area (Å²) in [5.74, 6) is -0.813. The number of benzene rings is 1. The highest BCUT2D eigenvalue weighted by molar-refractivity contribution is 5.86. The second-order valence-electron chi connectivity index (χ2n) is 4.23. The van der Waals surface area contributed by atoms with Gasteiger partial charge in [-0.15, -0.1) is 0 Å². The number of ether oxygens (including phenoxy) is 1. The zero-order valence-electron chi connectivity index (χ0n) is 10.6. The van der Waals surface area contributed by atoms with Crippen molar-refractivity contribution in [3.8, 4) is 5.75 Å². The first-order valence-corrected chi connectivity index (χ1v) is 5.69. The lowest BCUT2D eigenvalue weighted by Crippen LogP contribution is -1.97. The van der Waals surface area contributed by atoms with Crippen molar-refractivity contribution in [3.05, 3.63) is 52.7 Å². The minimum Gasteiger partial charge on any atom is -0.485 e. The normalized spacial score (nSPS) is 10.5. The lowest BCUT2D eigenvalue weighted by Gasteiger charge is -2.07. The smallest absolute Gasteiger partial charge is 0.372 e. The second kappa shape index (κ2) is 5.14. The number of halogens is 1. The predicted molar refractivity (Wildman–Crippen MR) is 65.9 cm³/mol. The number of carboxylic acids is 1. The Balaban J connectivity index is 2.12. The minimum absolute atomic E-state index is 0.0540. The average molecular weight is 264 g/mol. The molecule has 0 amide bonds. The molecule has 0 aliphatic carbocycles. The van der Waals surface area contributed by atoms with Crippen LogP contribution in [0.15, 0.2) is 28.7 Å². The molecule has 0 aliphatic heterocycles. The fraction of sp³-hybridized carbons (Fsp3) is 0.214. The fourth-order valence-corrected chi connectivity index (χ4v) is 1.71. The topological polar surface area (TPSA) is 59.7 Å². The van der Waals surface area contributed by atoms with Gasteiger partial charge in [-0.3, -0.25) is 0 Å². The summed E-state index contributed by atoms with van der Waals surface area (Å²) in [5, 5.41) is 8.86. The van der Waals surface area contributed by atoms with Crippen LogP contribution in [0.4, 0.5) is 4.39 Å². The Morgan fingerprint density at radius 1 is 1.32 bits per heavy atom. The Morgan fingerprint density at radius 3 is 2.68 bits per heavy atom. The zero-order chi connectivity index (χ0) is 14.0. The lowest BCUT2D eigenvalue weighted by molar-refractivity contribution is 0.0657. The monoisotopic (exact) mass is 264 g/mol. The first kappa shape index (κ1) is 13.1. The molecular formula is C14H13FO4. The highest BCUT2D eigenvalue weighted by Crippen LogP contribution is 2.21. The molecule has 19 heavy (non-hydrogen) atoms. The van der Waals surface area contributed by atoms with E-state index in [0.29, 0.717) is 17.1 Å². The molecule has 1 N–H and O–H groups in total. The van der Waals surface area contributed by atoms with E-state index >= 15 is 0 Å². The van der Waals surface area contributed by atoms with Gasteiger partial charge in [-0.25, -0.2) is 9.18 Å². The van der Waals surface area contributed by atoms with Gasteiger partial charge in [-0.2, -0.15) is 0 Å². The summed E-state index contributed by atoms with van der Waals surface area (Å²) in [7, 11) is 0. The molecule has 0 aliphatic rings. The summed E-state index contributed by atoms with van der Waals surface area (Å²) in [6.45, 7) is 3.49. The van der Waals surface area contributed by atoms with Crippen LogP contribution in [0.3, 0.4) is 0 Å². The van der Waals surface area contributed by atoms with Crippen molar-refractivity contribution in [2.24, 2.45) is 0 Å². The van der Waals surface area contributed by atoms with Gasteiger partial charge in [0.25, 0.3) is 0 Å². The molecule has 2 aromatic rings. The van der Waals surface area contributed by atoms with E-state index in [0.717, 1.165) is 5.56 Å². The molecule has 0 saturated heterocycles. The largest absolute Gasteiger partial charge is 0.485 e. The standard InChI is InChI=1S/C14H13FO4/c1-8-3-4-10(15)6-12(8)18-7-11-5-9(2)13(19-11)14(16)17/h3-6H,7H2,1-2H3,(H,16,17). The maximum absolute atomic E-state index is 13.1. The first-order chi connectivity index (χ1) is 8.97. The molecule has 1 heterocycles. The quantitative estimate of drug-likeness (QED) is 0.920. The van der Waals surface area contributed by atoms with Crippen molar-refractivity contribution in [1.29, 1.82) is 0 Å². The predicted octanol–water partition coefficient (Wildman–Crippen LogP) is 3.31. The van der Waals surface area contributed by atoms with Gasteiger partial charge in [0.15, 0.2) is 0 Å². The molecule has 4 nitrogen and oxygen atoms in total. The van der Waals surface area contributed by atoms with Gasteiger partial charge in [0.2, 0.25) is 5.76 Å². The van der Waals surface area contributed by atoms with E-state index in [4.69, 9.17) is 14.3 Å². The molecule has 0 saturated carbocycles. The van der Waals surface area contributed by atoms with Crippen LogP contribution < -0.4 is 4.74 Å². The number of hydrogen-bond donors (Lipinski definition) is 1. The molecule has 1 aromatic carbocycles. The van der Waals surface area contributed by atoms with E-state index in [1.807, 2.05) is 0 Å². The van der Waals surface area contributed by atoms with Crippen LogP contribution >= 0.6 is 0 Å². The van der Waals surface area contributed by atoms with Gasteiger partial charge < -0.3 is 14.3 Å². The Labute approximate surface area is 109 Å². The molecule has 0 unspecified atom stereocenters. The van der Waals surface area contributed by atoms with Gasteiger partial charge in [0.05, 0.1) is 0 Å². The zero-order valence-corrected chi connectivity index (χ0v) is 10.6. The average Bonchev–Trinajstić information content (AvgIpc) is 2.72. The van der Waals surface area contributed by atoms with E-state index in [2.05, 4.69) is 0 Å². The molecule has 0 bridgehead atoms. The molecule has 0 atom stereocenters. The van der Waals surface area contributed by atoms with E-state index in [9.17, 15) is 9.18 Å². The molecule has 0 spiro atoms. The number of furan rings is 1. The minimum atomic E-state index is -1.12. The molecule has 100 valence electrons. The third-order valence-electron chi connectivity index (χ3n) is 2.68. The number of hydrogen-bond acceptors (Lipinski definition) is 3. The van der Waals surface area contributed by atoms with Crippen LogP contribution in [0.2, 0.25) is 0 Å². The molecule has 0 radical (unpaired) electrons. The fourth-order valence-electron chi connectivity index (χ4n) is 1.71. The second-order valence-corrected chi connectivity index (χ2v) is 4.23. The van der Waals surface area contributed by atoms with Gasteiger partial charge in [-0.05, 0) is 31.5 Å². The molecular weight excluding hydrogens is 251 g/mol. The first-order valence-electron chi connectivity index (χ1n) is 5.69. The summed E-state index contributed by atoms with van der Waals surface area (Å²) in [4.78, 5) is 10.8. The third-order valence-corrected chi connectivity index (χ3v) is 2.68. The van der Waals surface area contributed by atoms with Crippen molar-refractivity contribution >= 4 is 5.97 Å². The maximum Gasteiger partial charge on any atom is 0.372 e. The molecule has 5 heteroatoms. The summed E-state index contributed by atoms with van der Waals surface area (Å²) < 4.78 is 23.6. The van der Waals surface area contributed by atoms with Gasteiger partial charge in [0, 0.05) is 11.6 Å². The lowest BCUT2D eigenvalue weighted by atomic mass is 10.2. The Bertz CT molecular complexity index is 616. The summed E-state index contributed by atoms with van der Waals surface area (Å²) in [6, 6.07) is 5.84. The summed E-state index contributed by atoms with van der Waals surface area (Å²) >= 11 is 0. The highest BCUT2D eigenvalue weighted by Gasteiger charge is 2.14. The molecule has 2 rings (SSSR count). The number of aryl methyl sites for hydroxylation is 2. The van der Waals surface area contributed by atoms with Gasteiger partial charge in [0.1, 0.15) is 23.9 Å². The van der Waals surface area contributed by atoms with Crippen LogP contribution in [-0.2, 0) is 6.61 Å². The van der Waals surface area contributed by atoms with Crippen LogP contribution in [0, 0.1) is 19.7 Å². The summed E-state index contributed by atoms with van der Waals surface area (Å²) in [6.07, 6.45) is 0. The highest BCUT2D eigenvalue weighted by atomic mass is 19.1. The van der Waals surface area contributed by atoms with Crippen molar-refractivity contribution in [2.45, 2.75) is 20.5 Å². The number of carbonyl (C=O) groups is 1. The Morgan fingerprint density at radius 2 is 2.05 bits per heavy atom. The van der Waals surface area contributed by atoms with E-state index in [1.165, 1.54) is 12.1 Å². The van der Waals surface area contributed by atoms with Crippen molar-refractivity contribution in [1.82, 2.24) is 0 Å². The number of aromatic carboxylic acids is 1. The van der Waals surface area contributed by atoms with Crippen molar-refractivity contribution < 1.29 is 23.4 Å². The van der Waals surface area contributed by atoms with Crippen molar-refractivity contribution in [3.63, 3.8) is 0 Å². The molecule has 1 aromatic heterocycles. The number of rotatable bonds is 4.